The Kier molecular flexibility index (Phi) is 3.39. The number of carbonyl (C=O) groups excluding carboxylic acids is 1. The van der Waals surface area contributed by atoms with Gasteiger partial charge in [0.2, 0.25) is 5.91 Å². The van der Waals surface area contributed by atoms with E-state index in [4.69, 9.17) is 11.6 Å². The minimum atomic E-state index is -0.516. The Bertz CT molecular complexity index is 528. The van der Waals surface area contributed by atoms with Crippen LogP contribution in [0.4, 0.5) is 10.1 Å². The third kappa shape index (κ3) is 3.04. The number of nitrogens with one attached hydrogen (secondary N) is 2. The van der Waals surface area contributed by atoms with Crippen LogP contribution in [0.3, 0.4) is 0 Å². The summed E-state index contributed by atoms with van der Waals surface area (Å²) in [5.74, 6) is -0.741. The fraction of sp³-hybridized carbons (Fsp3) is 0.0909. The summed E-state index contributed by atoms with van der Waals surface area (Å²) in [4.78, 5) is 11.6. The minimum absolute atomic E-state index is 0.0238. The van der Waals surface area contributed by atoms with Gasteiger partial charge in [0, 0.05) is 17.6 Å². The molecule has 1 amide bonds. The zero-order chi connectivity index (χ0) is 12.3. The first-order valence-electron chi connectivity index (χ1n) is 4.88. The van der Waals surface area contributed by atoms with Gasteiger partial charge in [-0.2, -0.15) is 5.10 Å². The summed E-state index contributed by atoms with van der Waals surface area (Å²) in [6.45, 7) is 0. The van der Waals surface area contributed by atoms with Crippen molar-refractivity contribution in [2.45, 2.75) is 6.42 Å². The molecule has 17 heavy (non-hydrogen) atoms. The Morgan fingerprint density at radius 1 is 1.47 bits per heavy atom. The average Bonchev–Trinajstić information content (AvgIpc) is 2.76. The van der Waals surface area contributed by atoms with Crippen molar-refractivity contribution in [3.05, 3.63) is 47.0 Å². The molecule has 0 aliphatic heterocycles. The van der Waals surface area contributed by atoms with E-state index in [0.29, 0.717) is 11.4 Å². The maximum absolute atomic E-state index is 12.9. The highest BCUT2D eigenvalue weighted by Gasteiger charge is 2.06. The molecule has 2 aromatic rings. The maximum Gasteiger partial charge on any atom is 0.230 e. The smallest absolute Gasteiger partial charge is 0.230 e. The molecule has 6 heteroatoms. The molecular weight excluding hydrogens is 245 g/mol. The van der Waals surface area contributed by atoms with Crippen LogP contribution in [0.5, 0.6) is 0 Å². The molecule has 0 atom stereocenters. The van der Waals surface area contributed by atoms with Crippen molar-refractivity contribution in [1.82, 2.24) is 10.2 Å². The van der Waals surface area contributed by atoms with Crippen LogP contribution in [-0.2, 0) is 11.2 Å². The van der Waals surface area contributed by atoms with Gasteiger partial charge in [0.05, 0.1) is 11.4 Å². The van der Waals surface area contributed by atoms with Crippen molar-refractivity contribution < 1.29 is 9.18 Å². The molecule has 1 aromatic heterocycles. The normalized spacial score (nSPS) is 10.2. The number of aromatic amines is 1. The Balaban J connectivity index is 2.00. The van der Waals surface area contributed by atoms with Crippen molar-refractivity contribution in [3.63, 3.8) is 0 Å². The molecule has 1 heterocycles. The summed E-state index contributed by atoms with van der Waals surface area (Å²) >= 11 is 5.60. The SMILES string of the molecule is O=C(Cc1ccn[nH]1)Nc1ccc(F)c(Cl)c1. The molecule has 4 nitrogen and oxygen atoms in total. The molecule has 0 aliphatic rings. The van der Waals surface area contributed by atoms with Gasteiger partial charge >= 0.3 is 0 Å². The van der Waals surface area contributed by atoms with Crippen molar-refractivity contribution in [1.29, 1.82) is 0 Å². The van der Waals surface area contributed by atoms with Gasteiger partial charge in [0.25, 0.3) is 0 Å². The monoisotopic (exact) mass is 253 g/mol. The van der Waals surface area contributed by atoms with E-state index in [0.717, 1.165) is 0 Å². The van der Waals surface area contributed by atoms with E-state index in [2.05, 4.69) is 15.5 Å². The quantitative estimate of drug-likeness (QED) is 0.882. The van der Waals surface area contributed by atoms with E-state index in [1.807, 2.05) is 0 Å². The molecule has 0 radical (unpaired) electrons. The number of nitrogens with zero attached hydrogens (tertiary/aromatic N) is 1. The predicted octanol–water partition coefficient (Wildman–Crippen LogP) is 2.38. The van der Waals surface area contributed by atoms with Crippen molar-refractivity contribution >= 4 is 23.2 Å². The first-order valence-corrected chi connectivity index (χ1v) is 5.26. The first-order chi connectivity index (χ1) is 8.15. The number of H-pyrrole nitrogens is 1. The lowest BCUT2D eigenvalue weighted by Crippen LogP contribution is -2.14. The Labute approximate surface area is 102 Å². The largest absolute Gasteiger partial charge is 0.326 e. The molecular formula is C11H9ClFN3O. The molecule has 0 fully saturated rings. The van der Waals surface area contributed by atoms with Gasteiger partial charge in [-0.3, -0.25) is 9.89 Å². The number of benzene rings is 1. The van der Waals surface area contributed by atoms with Crippen LogP contribution in [0.1, 0.15) is 5.69 Å². The lowest BCUT2D eigenvalue weighted by Gasteiger charge is -2.04. The van der Waals surface area contributed by atoms with Gasteiger partial charge in [-0.25, -0.2) is 4.39 Å². The highest BCUT2D eigenvalue weighted by Crippen LogP contribution is 2.19. The maximum atomic E-state index is 12.9. The second-order valence-corrected chi connectivity index (χ2v) is 3.84. The molecule has 2 rings (SSSR count). The summed E-state index contributed by atoms with van der Waals surface area (Å²) < 4.78 is 12.9. The fourth-order valence-electron chi connectivity index (χ4n) is 1.34. The number of hydrogen-bond acceptors (Lipinski definition) is 2. The van der Waals surface area contributed by atoms with Crippen LogP contribution >= 0.6 is 11.6 Å². The summed E-state index contributed by atoms with van der Waals surface area (Å²) in [5, 5.41) is 9.00. The number of halogens is 2. The second-order valence-electron chi connectivity index (χ2n) is 3.44. The molecule has 0 aliphatic carbocycles. The lowest BCUT2D eigenvalue weighted by atomic mass is 10.2. The molecule has 0 unspecified atom stereocenters. The fourth-order valence-corrected chi connectivity index (χ4v) is 1.52. The summed E-state index contributed by atoms with van der Waals surface area (Å²) in [5.41, 5.74) is 1.16. The van der Waals surface area contributed by atoms with Crippen LogP contribution in [-0.4, -0.2) is 16.1 Å². The molecule has 0 bridgehead atoms. The van der Waals surface area contributed by atoms with Gasteiger partial charge in [-0.1, -0.05) is 11.6 Å². The summed E-state index contributed by atoms with van der Waals surface area (Å²) in [6.07, 6.45) is 1.74. The summed E-state index contributed by atoms with van der Waals surface area (Å²) in [7, 11) is 0. The predicted molar refractivity (Wildman–Crippen MR) is 62.3 cm³/mol. The third-order valence-electron chi connectivity index (χ3n) is 2.11. The number of hydrogen-bond donors (Lipinski definition) is 2. The number of amides is 1. The standard InChI is InChI=1S/C11H9ClFN3O/c12-9-5-7(1-2-10(9)13)15-11(17)6-8-3-4-14-16-8/h1-5H,6H2,(H,14,16)(H,15,17). The lowest BCUT2D eigenvalue weighted by molar-refractivity contribution is -0.115. The van der Waals surface area contributed by atoms with E-state index < -0.39 is 5.82 Å². The molecule has 2 N–H and O–H groups in total. The Morgan fingerprint density at radius 3 is 2.94 bits per heavy atom. The van der Waals surface area contributed by atoms with Crippen molar-refractivity contribution in [2.24, 2.45) is 0 Å². The van der Waals surface area contributed by atoms with Gasteiger partial charge in [-0.05, 0) is 24.3 Å². The van der Waals surface area contributed by atoms with Crippen LogP contribution in [0.25, 0.3) is 0 Å². The van der Waals surface area contributed by atoms with Gasteiger partial charge < -0.3 is 5.32 Å². The third-order valence-corrected chi connectivity index (χ3v) is 2.40. The van der Waals surface area contributed by atoms with Gasteiger partial charge in [0.15, 0.2) is 0 Å². The van der Waals surface area contributed by atoms with Crippen molar-refractivity contribution in [2.75, 3.05) is 5.32 Å². The summed E-state index contributed by atoms with van der Waals surface area (Å²) in [6, 6.07) is 5.72. The second kappa shape index (κ2) is 4.97. The highest BCUT2D eigenvalue weighted by molar-refractivity contribution is 6.31. The number of aromatic nitrogens is 2. The Hall–Kier alpha value is -1.88. The van der Waals surface area contributed by atoms with E-state index in [1.165, 1.54) is 18.2 Å². The molecule has 0 spiro atoms. The Morgan fingerprint density at radius 2 is 2.29 bits per heavy atom. The van der Waals surface area contributed by atoms with Crippen LogP contribution in [0.2, 0.25) is 5.02 Å². The minimum Gasteiger partial charge on any atom is -0.326 e. The number of anilines is 1. The zero-order valence-electron chi connectivity index (χ0n) is 8.71. The number of carbonyl (C=O) groups is 1. The van der Waals surface area contributed by atoms with E-state index in [9.17, 15) is 9.18 Å². The average molecular weight is 254 g/mol. The highest BCUT2D eigenvalue weighted by atomic mass is 35.5. The molecule has 1 aromatic carbocycles. The zero-order valence-corrected chi connectivity index (χ0v) is 9.46. The first kappa shape index (κ1) is 11.6. The van der Waals surface area contributed by atoms with Crippen LogP contribution in [0, 0.1) is 5.82 Å². The van der Waals surface area contributed by atoms with E-state index in [1.54, 1.807) is 12.3 Å². The van der Waals surface area contributed by atoms with Crippen LogP contribution in [0.15, 0.2) is 30.5 Å². The topological polar surface area (TPSA) is 57.8 Å². The van der Waals surface area contributed by atoms with E-state index in [-0.39, 0.29) is 17.4 Å². The van der Waals surface area contributed by atoms with Crippen LogP contribution < -0.4 is 5.32 Å². The molecule has 0 saturated heterocycles. The van der Waals surface area contributed by atoms with Crippen molar-refractivity contribution in [3.8, 4) is 0 Å². The number of rotatable bonds is 3. The van der Waals surface area contributed by atoms with E-state index >= 15 is 0 Å². The van der Waals surface area contributed by atoms with Gasteiger partial charge in [-0.15, -0.1) is 0 Å². The molecule has 0 saturated carbocycles. The molecule has 88 valence electrons. The van der Waals surface area contributed by atoms with Gasteiger partial charge in [0.1, 0.15) is 5.82 Å².